The Bertz CT molecular complexity index is 1030. The van der Waals surface area contributed by atoms with E-state index in [4.69, 9.17) is 0 Å². The number of hydrogen-bond donors (Lipinski definition) is 1. The number of likely N-dealkylation sites (tertiary alicyclic amines) is 1. The van der Waals surface area contributed by atoms with Gasteiger partial charge in [0.15, 0.2) is 11.6 Å². The summed E-state index contributed by atoms with van der Waals surface area (Å²) in [6.07, 6.45) is 8.84. The second-order valence-electron chi connectivity index (χ2n) is 7.22. The zero-order chi connectivity index (χ0) is 18.5. The Balaban J connectivity index is 1.51. The summed E-state index contributed by atoms with van der Waals surface area (Å²) in [7, 11) is 0. The minimum atomic E-state index is -0.698. The van der Waals surface area contributed by atoms with Crippen LogP contribution in [0.1, 0.15) is 29.6 Å². The van der Waals surface area contributed by atoms with Crippen molar-refractivity contribution >= 4 is 22.6 Å². The Labute approximate surface area is 153 Å². The van der Waals surface area contributed by atoms with Gasteiger partial charge in [0.25, 0.3) is 11.7 Å². The fourth-order valence-corrected chi connectivity index (χ4v) is 4.43. The largest absolute Gasteiger partial charge is 0.357 e. The third-order valence-corrected chi connectivity index (χ3v) is 5.73. The Morgan fingerprint density at radius 2 is 2.00 bits per heavy atom. The summed E-state index contributed by atoms with van der Waals surface area (Å²) in [5, 5.41) is 7.62. The molecule has 9 heteroatoms. The van der Waals surface area contributed by atoms with Crippen molar-refractivity contribution in [1.82, 2.24) is 29.9 Å². The van der Waals surface area contributed by atoms with Gasteiger partial charge in [0.2, 0.25) is 0 Å². The highest BCUT2D eigenvalue weighted by molar-refractivity contribution is 6.45. The molecule has 1 aliphatic heterocycles. The maximum atomic E-state index is 14.5. The molecule has 1 saturated carbocycles. The Hall–Kier alpha value is -3.10. The van der Waals surface area contributed by atoms with Crippen LogP contribution >= 0.6 is 0 Å². The smallest absolute Gasteiger partial charge is 0.295 e. The van der Waals surface area contributed by atoms with Crippen LogP contribution in [0.25, 0.3) is 16.7 Å². The monoisotopic (exact) mass is 368 g/mol. The van der Waals surface area contributed by atoms with Crippen LogP contribution < -0.4 is 0 Å². The van der Waals surface area contributed by atoms with Crippen LogP contribution in [0.4, 0.5) is 4.39 Å². The second kappa shape index (κ2) is 5.97. The van der Waals surface area contributed by atoms with Crippen LogP contribution in [0.2, 0.25) is 0 Å². The number of rotatable bonds is 3. The number of ketones is 1. The molecular weight excluding hydrogens is 351 g/mol. The summed E-state index contributed by atoms with van der Waals surface area (Å²) < 4.78 is 15.9. The van der Waals surface area contributed by atoms with E-state index in [2.05, 4.69) is 20.3 Å². The maximum Gasteiger partial charge on any atom is 0.295 e. The number of carbonyl (C=O) groups is 2. The van der Waals surface area contributed by atoms with E-state index in [1.54, 1.807) is 11.1 Å². The Kier molecular flexibility index (Phi) is 3.56. The molecule has 2 aliphatic rings. The van der Waals surface area contributed by atoms with E-state index >= 15 is 0 Å². The molecule has 5 rings (SSSR count). The van der Waals surface area contributed by atoms with Crippen LogP contribution in [0.3, 0.4) is 0 Å². The maximum absolute atomic E-state index is 14.5. The van der Waals surface area contributed by atoms with Gasteiger partial charge in [0.05, 0.1) is 35.1 Å². The van der Waals surface area contributed by atoms with Gasteiger partial charge in [-0.15, -0.1) is 5.10 Å². The molecule has 0 spiro atoms. The topological polar surface area (TPSA) is 96.8 Å². The molecule has 2 fully saturated rings. The highest BCUT2D eigenvalue weighted by Crippen LogP contribution is 2.38. The normalized spacial score (nSPS) is 21.7. The van der Waals surface area contributed by atoms with E-state index in [9.17, 15) is 14.0 Å². The van der Waals surface area contributed by atoms with Gasteiger partial charge in [-0.2, -0.15) is 0 Å². The molecule has 8 nitrogen and oxygen atoms in total. The lowest BCUT2D eigenvalue weighted by Crippen LogP contribution is -2.35. The predicted molar refractivity (Wildman–Crippen MR) is 92.7 cm³/mol. The first-order valence-corrected chi connectivity index (χ1v) is 8.99. The van der Waals surface area contributed by atoms with Gasteiger partial charge in [-0.05, 0) is 24.7 Å². The number of aromatic amines is 1. The van der Waals surface area contributed by atoms with Gasteiger partial charge < -0.3 is 9.88 Å². The zero-order valence-corrected chi connectivity index (χ0v) is 14.4. The minimum Gasteiger partial charge on any atom is -0.357 e. The number of pyridine rings is 1. The first-order chi connectivity index (χ1) is 13.1. The quantitative estimate of drug-likeness (QED) is 0.561. The average Bonchev–Trinajstić information content (AvgIpc) is 3.43. The van der Waals surface area contributed by atoms with Crippen molar-refractivity contribution in [2.24, 2.45) is 11.8 Å². The number of nitrogens with one attached hydrogen (secondary N) is 1. The number of aromatic nitrogens is 5. The number of H-pyrrole nitrogens is 1. The van der Waals surface area contributed by atoms with Crippen LogP contribution in [0.5, 0.6) is 0 Å². The summed E-state index contributed by atoms with van der Waals surface area (Å²) in [5.41, 5.74) is 0.322. The molecule has 0 radical (unpaired) electrons. The highest BCUT2D eigenvalue weighted by Gasteiger charge is 2.40. The van der Waals surface area contributed by atoms with Gasteiger partial charge in [0.1, 0.15) is 0 Å². The number of fused-ring (bicyclic) bond motifs is 2. The molecule has 2 atom stereocenters. The van der Waals surface area contributed by atoms with Crippen LogP contribution in [-0.4, -0.2) is 54.6 Å². The average molecular weight is 368 g/mol. The molecule has 0 bridgehead atoms. The summed E-state index contributed by atoms with van der Waals surface area (Å²) in [5.74, 6) is -0.635. The van der Waals surface area contributed by atoms with E-state index in [-0.39, 0.29) is 10.9 Å². The summed E-state index contributed by atoms with van der Waals surface area (Å²) in [6, 6.07) is 0. The molecule has 1 saturated heterocycles. The number of amides is 1. The van der Waals surface area contributed by atoms with Crippen molar-refractivity contribution in [2.75, 3.05) is 13.1 Å². The van der Waals surface area contributed by atoms with Gasteiger partial charge in [0, 0.05) is 19.3 Å². The number of nitrogens with zero attached hydrogens (tertiary/aromatic N) is 5. The number of Topliss-reactive ketones (excluding diaryl/α,β-unsaturated/α-hetero) is 1. The summed E-state index contributed by atoms with van der Waals surface area (Å²) >= 11 is 0. The highest BCUT2D eigenvalue weighted by atomic mass is 19.1. The van der Waals surface area contributed by atoms with Crippen molar-refractivity contribution < 1.29 is 14.0 Å². The predicted octanol–water partition coefficient (Wildman–Crippen LogP) is 1.72. The summed E-state index contributed by atoms with van der Waals surface area (Å²) in [6.45, 7) is 1.23. The van der Waals surface area contributed by atoms with Crippen molar-refractivity contribution in [1.29, 1.82) is 0 Å². The molecule has 1 aliphatic carbocycles. The van der Waals surface area contributed by atoms with Gasteiger partial charge in [-0.1, -0.05) is 11.6 Å². The van der Waals surface area contributed by atoms with Crippen molar-refractivity contribution in [3.63, 3.8) is 0 Å². The number of carbonyl (C=O) groups excluding carboxylic acids is 2. The molecule has 1 amide bonds. The van der Waals surface area contributed by atoms with Gasteiger partial charge in [-0.3, -0.25) is 9.59 Å². The van der Waals surface area contributed by atoms with Crippen LogP contribution in [-0.2, 0) is 4.79 Å². The number of halogens is 1. The summed E-state index contributed by atoms with van der Waals surface area (Å²) in [4.78, 5) is 34.1. The number of hydrogen-bond acceptors (Lipinski definition) is 5. The molecule has 4 heterocycles. The van der Waals surface area contributed by atoms with E-state index < -0.39 is 17.5 Å². The van der Waals surface area contributed by atoms with E-state index in [0.29, 0.717) is 36.3 Å². The molecule has 27 heavy (non-hydrogen) atoms. The molecule has 1 N–H and O–H groups in total. The Morgan fingerprint density at radius 1 is 1.22 bits per heavy atom. The molecule has 0 aromatic carbocycles. The molecular formula is C18H17FN6O2. The zero-order valence-electron chi connectivity index (χ0n) is 14.4. The van der Waals surface area contributed by atoms with Crippen molar-refractivity contribution in [3.05, 3.63) is 36.2 Å². The van der Waals surface area contributed by atoms with E-state index in [1.165, 1.54) is 23.5 Å². The van der Waals surface area contributed by atoms with Crippen molar-refractivity contribution in [2.45, 2.75) is 19.3 Å². The lowest BCUT2D eigenvalue weighted by atomic mass is 10.0. The van der Waals surface area contributed by atoms with Gasteiger partial charge >= 0.3 is 0 Å². The fourth-order valence-electron chi connectivity index (χ4n) is 4.43. The lowest BCUT2D eigenvalue weighted by Gasteiger charge is -2.16. The van der Waals surface area contributed by atoms with Crippen molar-refractivity contribution in [3.8, 4) is 5.82 Å². The minimum absolute atomic E-state index is 0.0216. The molecule has 2 unspecified atom stereocenters. The standard InChI is InChI=1S/C18H17FN6O2/c19-13-7-21-17(25-5-4-22-23-25)15-14(13)12(6-20-15)16(26)18(27)24-8-10-2-1-3-11(10)9-24/h4-7,10-11,20H,1-3,8-9H2. The van der Waals surface area contributed by atoms with Crippen LogP contribution in [0.15, 0.2) is 24.8 Å². The molecule has 3 aromatic heterocycles. The fraction of sp³-hybridized carbons (Fsp3) is 0.389. The first-order valence-electron chi connectivity index (χ1n) is 8.99. The third-order valence-electron chi connectivity index (χ3n) is 5.73. The second-order valence-corrected chi connectivity index (χ2v) is 7.22. The third kappa shape index (κ3) is 2.45. The molecule has 3 aromatic rings. The van der Waals surface area contributed by atoms with Crippen LogP contribution in [0, 0.1) is 17.7 Å². The first kappa shape index (κ1) is 16.1. The van der Waals surface area contributed by atoms with E-state index in [1.807, 2.05) is 0 Å². The lowest BCUT2D eigenvalue weighted by molar-refractivity contribution is -0.125. The van der Waals surface area contributed by atoms with Gasteiger partial charge in [-0.25, -0.2) is 14.1 Å². The van der Waals surface area contributed by atoms with E-state index in [0.717, 1.165) is 19.0 Å². The molecule has 138 valence electrons. The Morgan fingerprint density at radius 3 is 2.70 bits per heavy atom. The SMILES string of the molecule is O=C(C(=O)N1CC2CCCC2C1)c1c[nH]c2c(-n3ccnn3)ncc(F)c12.